The number of aliphatic hydroxyl groups is 1. The minimum Gasteiger partial charge on any atom is -0.387 e. The van der Waals surface area contributed by atoms with Crippen molar-refractivity contribution in [3.8, 4) is 0 Å². The van der Waals surface area contributed by atoms with Gasteiger partial charge in [-0.25, -0.2) is 4.98 Å². The number of benzene rings is 2. The first-order chi connectivity index (χ1) is 11.2. The highest BCUT2D eigenvalue weighted by atomic mass is 32.1. The zero-order chi connectivity index (χ0) is 16.1. The third-order valence-corrected chi connectivity index (χ3v) is 4.56. The first-order valence-corrected chi connectivity index (χ1v) is 8.56. The molecule has 0 amide bonds. The molecule has 3 rings (SSSR count). The molecule has 0 saturated heterocycles. The van der Waals surface area contributed by atoms with Crippen molar-refractivity contribution in [3.63, 3.8) is 0 Å². The van der Waals surface area contributed by atoms with E-state index in [2.05, 4.69) is 58.4 Å². The van der Waals surface area contributed by atoms with Crippen LogP contribution in [0.1, 0.15) is 29.8 Å². The van der Waals surface area contributed by atoms with Crippen LogP contribution in [0.5, 0.6) is 0 Å². The molecule has 0 saturated carbocycles. The molecule has 1 unspecified atom stereocenters. The highest BCUT2D eigenvalue weighted by Gasteiger charge is 2.14. The Morgan fingerprint density at radius 2 is 1.48 bits per heavy atom. The lowest BCUT2D eigenvalue weighted by Gasteiger charge is -2.22. The van der Waals surface area contributed by atoms with Crippen molar-refractivity contribution in [1.82, 2.24) is 4.98 Å². The molecular formula is C19H20N2OS. The lowest BCUT2D eigenvalue weighted by molar-refractivity contribution is 0.195. The first-order valence-electron chi connectivity index (χ1n) is 7.68. The number of aliphatic hydroxyl groups excluding tert-OH is 1. The number of rotatable bonds is 6. The van der Waals surface area contributed by atoms with Gasteiger partial charge in [0.1, 0.15) is 0 Å². The number of thiazole rings is 1. The number of nitrogens with zero attached hydrogens (tertiary/aromatic N) is 2. The monoisotopic (exact) mass is 324 g/mol. The van der Waals surface area contributed by atoms with Crippen LogP contribution in [0.3, 0.4) is 0 Å². The zero-order valence-corrected chi connectivity index (χ0v) is 13.9. The van der Waals surface area contributed by atoms with Gasteiger partial charge in [-0.3, -0.25) is 0 Å². The van der Waals surface area contributed by atoms with E-state index in [0.717, 1.165) is 23.9 Å². The van der Waals surface area contributed by atoms with Gasteiger partial charge in [-0.1, -0.05) is 60.7 Å². The summed E-state index contributed by atoms with van der Waals surface area (Å²) in [6, 6.07) is 20.8. The Hall–Kier alpha value is -2.17. The molecule has 3 nitrogen and oxygen atoms in total. The maximum Gasteiger partial charge on any atom is 0.186 e. The van der Waals surface area contributed by atoms with Gasteiger partial charge in [0.15, 0.2) is 5.13 Å². The lowest BCUT2D eigenvalue weighted by atomic mass is 10.2. The smallest absolute Gasteiger partial charge is 0.186 e. The molecule has 0 spiro atoms. The maximum atomic E-state index is 9.72. The second-order valence-corrected chi connectivity index (χ2v) is 6.39. The van der Waals surface area contributed by atoms with E-state index < -0.39 is 6.10 Å². The zero-order valence-electron chi connectivity index (χ0n) is 13.1. The Balaban J connectivity index is 1.85. The Labute approximate surface area is 140 Å². The van der Waals surface area contributed by atoms with Gasteiger partial charge in [0, 0.05) is 18.5 Å². The van der Waals surface area contributed by atoms with Crippen molar-refractivity contribution in [1.29, 1.82) is 0 Å². The van der Waals surface area contributed by atoms with Crippen LogP contribution < -0.4 is 4.90 Å². The molecule has 0 aliphatic heterocycles. The molecule has 3 aromatic rings. The molecular weight excluding hydrogens is 304 g/mol. The molecule has 4 heteroatoms. The van der Waals surface area contributed by atoms with Crippen LogP contribution >= 0.6 is 11.3 Å². The summed E-state index contributed by atoms with van der Waals surface area (Å²) in [6.07, 6.45) is -0.532. The summed E-state index contributed by atoms with van der Waals surface area (Å²) in [7, 11) is 0. The van der Waals surface area contributed by atoms with Crippen molar-refractivity contribution in [2.45, 2.75) is 26.1 Å². The normalized spacial score (nSPS) is 12.1. The SMILES string of the molecule is CC(O)c1csc(N(Cc2ccccc2)Cc2ccccc2)n1. The number of hydrogen-bond acceptors (Lipinski definition) is 4. The molecule has 0 fully saturated rings. The summed E-state index contributed by atoms with van der Waals surface area (Å²) in [5.41, 5.74) is 3.23. The molecule has 0 radical (unpaired) electrons. The molecule has 1 N–H and O–H groups in total. The van der Waals surface area contributed by atoms with Crippen LogP contribution in [0.15, 0.2) is 66.0 Å². The third-order valence-electron chi connectivity index (χ3n) is 3.64. The highest BCUT2D eigenvalue weighted by Crippen LogP contribution is 2.27. The lowest BCUT2D eigenvalue weighted by Crippen LogP contribution is -2.22. The molecule has 1 atom stereocenters. The van der Waals surface area contributed by atoms with Gasteiger partial charge >= 0.3 is 0 Å². The fraction of sp³-hybridized carbons (Fsp3) is 0.211. The number of hydrogen-bond donors (Lipinski definition) is 1. The average molecular weight is 324 g/mol. The predicted molar refractivity (Wildman–Crippen MR) is 95.5 cm³/mol. The fourth-order valence-electron chi connectivity index (χ4n) is 2.41. The van der Waals surface area contributed by atoms with Crippen molar-refractivity contribution in [2.24, 2.45) is 0 Å². The second-order valence-electron chi connectivity index (χ2n) is 5.56. The van der Waals surface area contributed by atoms with E-state index in [9.17, 15) is 5.11 Å². The van der Waals surface area contributed by atoms with E-state index in [1.165, 1.54) is 11.1 Å². The third kappa shape index (κ3) is 4.18. The van der Waals surface area contributed by atoms with Crippen molar-refractivity contribution in [2.75, 3.05) is 4.90 Å². The minimum atomic E-state index is -0.532. The Morgan fingerprint density at radius 3 is 1.91 bits per heavy atom. The Kier molecular flexibility index (Phi) is 5.05. The summed E-state index contributed by atoms with van der Waals surface area (Å²) >= 11 is 1.58. The topological polar surface area (TPSA) is 36.4 Å². The number of aromatic nitrogens is 1. The quantitative estimate of drug-likeness (QED) is 0.730. The molecule has 118 valence electrons. The van der Waals surface area contributed by atoms with E-state index in [1.807, 2.05) is 17.5 Å². The van der Waals surface area contributed by atoms with Gasteiger partial charge in [-0.2, -0.15) is 0 Å². The summed E-state index contributed by atoms with van der Waals surface area (Å²) in [5, 5.41) is 12.6. The van der Waals surface area contributed by atoms with Gasteiger partial charge in [0.05, 0.1) is 11.8 Å². The largest absolute Gasteiger partial charge is 0.387 e. The van der Waals surface area contributed by atoms with Crippen molar-refractivity contribution < 1.29 is 5.11 Å². The molecule has 2 aromatic carbocycles. The van der Waals surface area contributed by atoms with Crippen LogP contribution in [0, 0.1) is 0 Å². The minimum absolute atomic E-state index is 0.532. The highest BCUT2D eigenvalue weighted by molar-refractivity contribution is 7.13. The van der Waals surface area contributed by atoms with Crippen LogP contribution in [-0.4, -0.2) is 10.1 Å². The fourth-order valence-corrected chi connectivity index (χ4v) is 3.32. The molecule has 0 aliphatic carbocycles. The molecule has 23 heavy (non-hydrogen) atoms. The van der Waals surface area contributed by atoms with Crippen LogP contribution in [0.25, 0.3) is 0 Å². The van der Waals surface area contributed by atoms with Crippen molar-refractivity contribution >= 4 is 16.5 Å². The maximum absolute atomic E-state index is 9.72. The Bertz CT molecular complexity index is 684. The summed E-state index contributed by atoms with van der Waals surface area (Å²) in [6.45, 7) is 3.34. The van der Waals surface area contributed by atoms with Crippen LogP contribution in [-0.2, 0) is 13.1 Å². The molecule has 0 aliphatic rings. The van der Waals surface area contributed by atoms with Crippen LogP contribution in [0.2, 0.25) is 0 Å². The molecule has 1 heterocycles. The van der Waals surface area contributed by atoms with Gasteiger partial charge in [0.25, 0.3) is 0 Å². The van der Waals surface area contributed by atoms with Gasteiger partial charge in [0.2, 0.25) is 0 Å². The summed E-state index contributed by atoms with van der Waals surface area (Å²) in [5.74, 6) is 0. The van der Waals surface area contributed by atoms with E-state index in [4.69, 9.17) is 0 Å². The molecule has 0 bridgehead atoms. The van der Waals surface area contributed by atoms with Gasteiger partial charge < -0.3 is 10.0 Å². The Morgan fingerprint density at radius 1 is 0.957 bits per heavy atom. The van der Waals surface area contributed by atoms with Gasteiger partial charge in [-0.05, 0) is 18.1 Å². The summed E-state index contributed by atoms with van der Waals surface area (Å²) in [4.78, 5) is 6.85. The van der Waals surface area contributed by atoms with E-state index >= 15 is 0 Å². The van der Waals surface area contributed by atoms with E-state index in [0.29, 0.717) is 0 Å². The standard InChI is InChI=1S/C19H20N2OS/c1-15(22)18-14-23-19(20-18)21(12-16-8-4-2-5-9-16)13-17-10-6-3-7-11-17/h2-11,14-15,22H,12-13H2,1H3. The van der Waals surface area contributed by atoms with E-state index in [-0.39, 0.29) is 0 Å². The first kappa shape index (κ1) is 15.7. The predicted octanol–water partition coefficient (Wildman–Crippen LogP) is 4.40. The van der Waals surface area contributed by atoms with Crippen LogP contribution in [0.4, 0.5) is 5.13 Å². The molecule has 1 aromatic heterocycles. The second kappa shape index (κ2) is 7.40. The number of anilines is 1. The van der Waals surface area contributed by atoms with Crippen molar-refractivity contribution in [3.05, 3.63) is 82.9 Å². The summed E-state index contributed by atoms with van der Waals surface area (Å²) < 4.78 is 0. The van der Waals surface area contributed by atoms with Gasteiger partial charge in [-0.15, -0.1) is 11.3 Å². The van der Waals surface area contributed by atoms with E-state index in [1.54, 1.807) is 18.3 Å². The average Bonchev–Trinajstić information content (AvgIpc) is 3.06.